The summed E-state index contributed by atoms with van der Waals surface area (Å²) in [7, 11) is 0. The molecule has 0 aromatic rings. The summed E-state index contributed by atoms with van der Waals surface area (Å²) in [5, 5.41) is 12.1. The van der Waals surface area contributed by atoms with Crippen molar-refractivity contribution in [2.45, 2.75) is 24.3 Å². The molecule has 3 atom stereocenters. The fourth-order valence-electron chi connectivity index (χ4n) is 2.02. The topological polar surface area (TPSA) is 58.6 Å². The maximum Gasteiger partial charge on any atom is 0.321 e. The van der Waals surface area contributed by atoms with Gasteiger partial charge in [0.2, 0.25) is 0 Å². The van der Waals surface area contributed by atoms with Crippen LogP contribution in [0.1, 0.15) is 13.3 Å². The van der Waals surface area contributed by atoms with Gasteiger partial charge in [0, 0.05) is 18.3 Å². The summed E-state index contributed by atoms with van der Waals surface area (Å²) in [5.74, 6) is 0.347. The van der Waals surface area contributed by atoms with Crippen molar-refractivity contribution in [3.05, 3.63) is 0 Å². The zero-order valence-electron chi connectivity index (χ0n) is 8.16. The zero-order chi connectivity index (χ0) is 10.2. The summed E-state index contributed by atoms with van der Waals surface area (Å²) < 4.78 is 5.33. The number of hydrogen-bond donors (Lipinski definition) is 2. The van der Waals surface area contributed by atoms with Crippen LogP contribution in [0.2, 0.25) is 0 Å². The molecule has 4 nitrogen and oxygen atoms in total. The largest absolute Gasteiger partial charge is 0.480 e. The van der Waals surface area contributed by atoms with Gasteiger partial charge in [-0.1, -0.05) is 0 Å². The van der Waals surface area contributed by atoms with Crippen molar-refractivity contribution in [3.63, 3.8) is 0 Å². The lowest BCUT2D eigenvalue weighted by atomic mass is 9.99. The molecule has 3 unspecified atom stereocenters. The molecule has 2 rings (SSSR count). The first-order valence-electron chi connectivity index (χ1n) is 4.84. The number of nitrogens with one attached hydrogen (secondary N) is 1. The molecule has 5 heteroatoms. The van der Waals surface area contributed by atoms with Crippen LogP contribution < -0.4 is 5.32 Å². The number of hydrogen-bond acceptors (Lipinski definition) is 4. The first-order valence-corrected chi connectivity index (χ1v) is 5.82. The molecule has 2 fully saturated rings. The number of aliphatic carboxylic acids is 1. The van der Waals surface area contributed by atoms with Crippen LogP contribution in [-0.4, -0.2) is 41.0 Å². The molecule has 2 N–H and O–H groups in total. The second-order valence-electron chi connectivity index (χ2n) is 4.01. The van der Waals surface area contributed by atoms with E-state index in [0.717, 1.165) is 19.6 Å². The van der Waals surface area contributed by atoms with Gasteiger partial charge in [-0.2, -0.15) is 0 Å². The van der Waals surface area contributed by atoms with Crippen LogP contribution in [0.3, 0.4) is 0 Å². The van der Waals surface area contributed by atoms with Crippen LogP contribution in [0.25, 0.3) is 0 Å². The molecule has 0 aromatic heterocycles. The van der Waals surface area contributed by atoms with Crippen LogP contribution in [0, 0.1) is 5.92 Å². The van der Waals surface area contributed by atoms with Gasteiger partial charge in [0.1, 0.15) is 6.04 Å². The van der Waals surface area contributed by atoms with Crippen molar-refractivity contribution >= 4 is 17.7 Å². The highest BCUT2D eigenvalue weighted by atomic mass is 32.2. The molecule has 2 heterocycles. The zero-order valence-corrected chi connectivity index (χ0v) is 8.97. The predicted molar refractivity (Wildman–Crippen MR) is 54.3 cm³/mol. The van der Waals surface area contributed by atoms with Crippen LogP contribution in [-0.2, 0) is 9.53 Å². The van der Waals surface area contributed by atoms with Gasteiger partial charge in [0.05, 0.1) is 11.5 Å². The van der Waals surface area contributed by atoms with E-state index in [9.17, 15) is 4.79 Å². The van der Waals surface area contributed by atoms with Crippen molar-refractivity contribution in [2.24, 2.45) is 5.92 Å². The fourth-order valence-corrected chi connectivity index (χ4v) is 3.41. The minimum absolute atomic E-state index is 0.112. The minimum atomic E-state index is -0.750. The van der Waals surface area contributed by atoms with E-state index in [0.29, 0.717) is 11.7 Å². The van der Waals surface area contributed by atoms with Gasteiger partial charge in [-0.05, 0) is 13.3 Å². The lowest BCUT2D eigenvalue weighted by Gasteiger charge is -2.29. The molecular weight excluding hydrogens is 202 g/mol. The fraction of sp³-hybridized carbons (Fsp3) is 0.889. The maximum absolute atomic E-state index is 10.8. The van der Waals surface area contributed by atoms with Gasteiger partial charge in [-0.15, -0.1) is 11.8 Å². The molecule has 0 bridgehead atoms. The molecule has 0 spiro atoms. The Kier molecular flexibility index (Phi) is 2.72. The molecule has 0 amide bonds. The molecule has 0 saturated carbocycles. The van der Waals surface area contributed by atoms with E-state index in [4.69, 9.17) is 9.84 Å². The summed E-state index contributed by atoms with van der Waals surface area (Å²) in [6.45, 7) is 3.64. The van der Waals surface area contributed by atoms with E-state index >= 15 is 0 Å². The van der Waals surface area contributed by atoms with Crippen molar-refractivity contribution < 1.29 is 14.6 Å². The molecule has 14 heavy (non-hydrogen) atoms. The molecule has 2 saturated heterocycles. The second kappa shape index (κ2) is 3.72. The number of rotatable bonds is 2. The Hall–Kier alpha value is -0.260. The van der Waals surface area contributed by atoms with Gasteiger partial charge in [-0.25, -0.2) is 0 Å². The third-order valence-corrected chi connectivity index (χ3v) is 4.57. The number of carboxylic acids is 1. The summed E-state index contributed by atoms with van der Waals surface area (Å²) in [6, 6.07) is -0.398. The highest BCUT2D eigenvalue weighted by molar-refractivity contribution is 8.00. The summed E-state index contributed by atoms with van der Waals surface area (Å²) in [4.78, 5) is 10.7. The van der Waals surface area contributed by atoms with Gasteiger partial charge < -0.3 is 9.84 Å². The van der Waals surface area contributed by atoms with E-state index in [-0.39, 0.29) is 4.87 Å². The van der Waals surface area contributed by atoms with Crippen molar-refractivity contribution in [2.75, 3.05) is 19.0 Å². The average Bonchev–Trinajstić information content (AvgIpc) is 2.71. The van der Waals surface area contributed by atoms with Crippen molar-refractivity contribution in [3.8, 4) is 0 Å². The first kappa shape index (κ1) is 10.3. The Balaban J connectivity index is 2.00. The highest BCUT2D eigenvalue weighted by Gasteiger charge is 2.45. The SMILES string of the molecule is CC1(C2CCOC2)NC(C(=O)O)CS1. The molecule has 2 aliphatic heterocycles. The van der Waals surface area contributed by atoms with Gasteiger partial charge >= 0.3 is 5.97 Å². The van der Waals surface area contributed by atoms with Crippen LogP contribution >= 0.6 is 11.8 Å². The van der Waals surface area contributed by atoms with E-state index in [1.807, 2.05) is 0 Å². The molecule has 2 aliphatic rings. The van der Waals surface area contributed by atoms with Crippen molar-refractivity contribution in [1.82, 2.24) is 5.32 Å². The average molecular weight is 217 g/mol. The number of carboxylic acid groups (broad SMARTS) is 1. The molecule has 0 aromatic carbocycles. The normalized spacial score (nSPS) is 42.9. The smallest absolute Gasteiger partial charge is 0.321 e. The van der Waals surface area contributed by atoms with E-state index < -0.39 is 12.0 Å². The van der Waals surface area contributed by atoms with E-state index in [2.05, 4.69) is 12.2 Å². The van der Waals surface area contributed by atoms with E-state index in [1.54, 1.807) is 11.8 Å². The van der Waals surface area contributed by atoms with Crippen molar-refractivity contribution in [1.29, 1.82) is 0 Å². The lowest BCUT2D eigenvalue weighted by molar-refractivity contribution is -0.139. The van der Waals surface area contributed by atoms with Gasteiger partial charge in [0.25, 0.3) is 0 Å². The number of ether oxygens (including phenoxy) is 1. The summed E-state index contributed by atoms with van der Waals surface area (Å²) in [6.07, 6.45) is 1.03. The Morgan fingerprint density at radius 1 is 1.71 bits per heavy atom. The third-order valence-electron chi connectivity index (χ3n) is 3.02. The third kappa shape index (κ3) is 1.76. The van der Waals surface area contributed by atoms with Crippen LogP contribution in [0.4, 0.5) is 0 Å². The summed E-state index contributed by atoms with van der Waals surface area (Å²) >= 11 is 1.71. The number of thioether (sulfide) groups is 1. The minimum Gasteiger partial charge on any atom is -0.480 e. The molecule has 80 valence electrons. The van der Waals surface area contributed by atoms with E-state index in [1.165, 1.54) is 0 Å². The van der Waals surface area contributed by atoms with Crippen LogP contribution in [0.15, 0.2) is 0 Å². The lowest BCUT2D eigenvalue weighted by Crippen LogP contribution is -2.48. The molecule has 0 radical (unpaired) electrons. The Morgan fingerprint density at radius 3 is 3.00 bits per heavy atom. The second-order valence-corrected chi connectivity index (χ2v) is 5.48. The Labute approximate surface area is 87.4 Å². The Morgan fingerprint density at radius 2 is 2.50 bits per heavy atom. The Bertz CT molecular complexity index is 242. The van der Waals surface area contributed by atoms with Crippen LogP contribution in [0.5, 0.6) is 0 Å². The number of carbonyl (C=O) groups is 1. The predicted octanol–water partition coefficient (Wildman–Crippen LogP) is 0.529. The highest BCUT2D eigenvalue weighted by Crippen LogP contribution is 2.40. The monoisotopic (exact) mass is 217 g/mol. The molecular formula is C9H15NO3S. The maximum atomic E-state index is 10.8. The quantitative estimate of drug-likeness (QED) is 0.706. The standard InChI is InChI=1S/C9H15NO3S/c1-9(6-2-3-13-4-6)10-7(5-14-9)8(11)12/h6-7,10H,2-5H2,1H3,(H,11,12). The first-order chi connectivity index (χ1) is 6.62. The summed E-state index contributed by atoms with van der Waals surface area (Å²) in [5.41, 5.74) is 0. The molecule has 0 aliphatic carbocycles. The van der Waals surface area contributed by atoms with Gasteiger partial charge in [0.15, 0.2) is 0 Å². The van der Waals surface area contributed by atoms with Gasteiger partial charge in [-0.3, -0.25) is 10.1 Å².